The maximum atomic E-state index is 13.9. The van der Waals surface area contributed by atoms with Gasteiger partial charge in [0, 0.05) is 114 Å². The maximum Gasteiger partial charge on any atom is 0.152 e. The van der Waals surface area contributed by atoms with Crippen LogP contribution in [0.3, 0.4) is 0 Å². The molecule has 0 fully saturated rings. The third kappa shape index (κ3) is 16.5. The molecule has 114 heavy (non-hydrogen) atoms. The number of aliphatic hydroxyl groups excluding tert-OH is 6. The fourth-order valence-electron chi connectivity index (χ4n) is 13.6. The van der Waals surface area contributed by atoms with Gasteiger partial charge in [-0.2, -0.15) is 0 Å². The molecule has 6 atom stereocenters. The second-order valence-corrected chi connectivity index (χ2v) is 27.1. The number of aliphatic hydroxyl groups is 6. The van der Waals surface area contributed by atoms with E-state index in [0.717, 1.165) is 47.7 Å². The number of fused-ring (bicyclic) bond motifs is 5. The molecule has 0 amide bonds. The normalized spacial score (nSPS) is 13.0. The number of H-pyrrole nitrogens is 6. The summed E-state index contributed by atoms with van der Waals surface area (Å²) in [5.74, 6) is 1.02. The Kier molecular flexibility index (Phi) is 24.6. The molecule has 24 nitrogen and oxygen atoms in total. The van der Waals surface area contributed by atoms with E-state index in [1.165, 1.54) is 53.8 Å². The van der Waals surface area contributed by atoms with Crippen LogP contribution >= 0.6 is 11.3 Å². The predicted octanol–water partition coefficient (Wildman–Crippen LogP) is 15.3. The van der Waals surface area contributed by atoms with Gasteiger partial charge in [-0.1, -0.05) is 40.7 Å². The first-order valence-electron chi connectivity index (χ1n) is 36.3. The van der Waals surface area contributed by atoms with Gasteiger partial charge in [-0.25, -0.2) is 61.2 Å². The van der Waals surface area contributed by atoms with E-state index in [1.807, 2.05) is 77.3 Å². The van der Waals surface area contributed by atoms with E-state index in [0.29, 0.717) is 108 Å². The Balaban J connectivity index is 0.000000119. The number of nitrogens with zero attached hydrogens (tertiary/aromatic N) is 12. The van der Waals surface area contributed by atoms with Crippen molar-refractivity contribution in [2.24, 2.45) is 0 Å². The number of aryl methyl sites for hydroxylation is 4. The predicted molar refractivity (Wildman–Crippen MR) is 417 cm³/mol. The smallest absolute Gasteiger partial charge is 0.152 e. The van der Waals surface area contributed by atoms with Crippen LogP contribution in [0.5, 0.6) is 0 Å². The lowest BCUT2D eigenvalue weighted by atomic mass is 10.00. The summed E-state index contributed by atoms with van der Waals surface area (Å²) in [7, 11) is 0. The van der Waals surface area contributed by atoms with Gasteiger partial charge in [0.15, 0.2) is 30.5 Å². The number of aromatic nitrogens is 18. The van der Waals surface area contributed by atoms with Gasteiger partial charge in [0.05, 0.1) is 67.3 Å². The molecular formula is C83H80F6N18O6S. The Morgan fingerprint density at radius 3 is 0.956 bits per heavy atom. The molecular weight excluding hydrogens is 1490 g/mol. The number of pyridine rings is 5. The second kappa shape index (κ2) is 35.3. The highest BCUT2D eigenvalue weighted by Gasteiger charge is 2.26. The van der Waals surface area contributed by atoms with Gasteiger partial charge in [0.25, 0.3) is 0 Å². The first-order valence-corrected chi connectivity index (χ1v) is 37.3. The molecule has 0 bridgehead atoms. The van der Waals surface area contributed by atoms with Crippen molar-refractivity contribution in [1.82, 2.24) is 86.8 Å². The monoisotopic (exact) mass is 1570 g/mol. The van der Waals surface area contributed by atoms with Crippen LogP contribution in [-0.2, 0) is 19.3 Å². The largest absolute Gasteiger partial charge is 0.380 e. The lowest BCUT2D eigenvalue weighted by Crippen LogP contribution is -2.10. The van der Waals surface area contributed by atoms with E-state index >= 15 is 0 Å². The first kappa shape index (κ1) is 79.3. The van der Waals surface area contributed by atoms with Crippen LogP contribution in [0.2, 0.25) is 0 Å². The molecule has 12 N–H and O–H groups in total. The summed E-state index contributed by atoms with van der Waals surface area (Å²) in [6, 6.07) is 37.0. The van der Waals surface area contributed by atoms with Crippen molar-refractivity contribution in [3.05, 3.63) is 357 Å². The van der Waals surface area contributed by atoms with Gasteiger partial charge >= 0.3 is 0 Å². The minimum Gasteiger partial charge on any atom is -0.380 e. The van der Waals surface area contributed by atoms with Gasteiger partial charge in [0.1, 0.15) is 76.0 Å². The zero-order chi connectivity index (χ0) is 80.4. The van der Waals surface area contributed by atoms with Gasteiger partial charge < -0.3 is 82.5 Å². The van der Waals surface area contributed by atoms with Crippen LogP contribution < -0.4 is 0 Å². The Morgan fingerprint density at radius 2 is 0.640 bits per heavy atom. The van der Waals surface area contributed by atoms with Gasteiger partial charge in [0.2, 0.25) is 0 Å². The van der Waals surface area contributed by atoms with Crippen molar-refractivity contribution in [2.75, 3.05) is 0 Å². The van der Waals surface area contributed by atoms with Crippen LogP contribution in [-0.4, -0.2) is 117 Å². The third-order valence-corrected chi connectivity index (χ3v) is 19.7. The van der Waals surface area contributed by atoms with E-state index in [2.05, 4.69) is 64.8 Å². The minimum atomic E-state index is -0.938. The van der Waals surface area contributed by atoms with Gasteiger partial charge in [-0.15, -0.1) is 11.3 Å². The molecule has 0 saturated carbocycles. The number of nitrogens with one attached hydrogen (secondary N) is 6. The molecule has 0 saturated heterocycles. The molecule has 0 aliphatic rings. The van der Waals surface area contributed by atoms with Crippen LogP contribution in [0.25, 0.3) is 38.8 Å². The van der Waals surface area contributed by atoms with Crippen molar-refractivity contribution in [2.45, 2.75) is 103 Å². The van der Waals surface area contributed by atoms with Gasteiger partial charge in [-0.05, 0) is 171 Å². The van der Waals surface area contributed by atoms with Crippen molar-refractivity contribution in [1.29, 1.82) is 0 Å². The van der Waals surface area contributed by atoms with Crippen LogP contribution in [0.4, 0.5) is 26.3 Å². The topological polar surface area (TPSA) is 328 Å². The second-order valence-electron chi connectivity index (χ2n) is 26.4. The standard InChI is InChI=1S/C15H16FN3O.3C14H14FN3O.C13H10FN3OS.C13H12FN3O/c1-9(2)11-5-6-12-10(16)3-4-13(19(11)12)14(20)15-17-7-8-18-15;3*1-2-9-3-5-11-10(15)4-6-12(18(9)11)13(19)14-16-7-8-17-14;14-8-1-2-9(12(18)13-15-3-4-16-13)10(5-8)11-6-19-7-17-11;1-8-2-4-10-9(14)3-5-11(17(8)10)12(18)13-15-6-7-16-13/h3-9,14,20H,1-2H3,(H,17,18);3*3-8,13,19H,2H2,1H3,(H,16,17);1-7,12,18H,(H,15,16);2-7,12,18H,1H3,(H,15,16). The fraction of sp³-hybridized carbons (Fsp3) is 0.193. The SMILES string of the molecule is CC(C)c1ccc2c(F)ccc(C(O)c3ncc[nH]3)n12.CCc1ccc2c(F)ccc(C(O)c3ncc[nH]3)n12.CCc1ccc2c(F)ccc(C(O)c3ncc[nH]3)n12.CCc1ccc2c(F)ccc(C(O)c3ncc[nH]3)n12.Cc1ccc2c(F)ccc(C(O)c3ncc[nH]3)n12.OC(c1ncc[nH]1)c1ccc(F)cc1-c1cscn1. The molecule has 18 rings (SSSR count). The molecule has 1 aromatic carbocycles. The molecule has 0 radical (unpaired) electrons. The van der Waals surface area contributed by atoms with Crippen molar-refractivity contribution in [3.8, 4) is 11.3 Å². The number of benzene rings is 1. The van der Waals surface area contributed by atoms with Crippen LogP contribution in [0, 0.1) is 41.8 Å². The van der Waals surface area contributed by atoms with E-state index in [1.54, 1.807) is 169 Å². The summed E-state index contributed by atoms with van der Waals surface area (Å²) in [5, 5.41) is 64.0. The zero-order valence-corrected chi connectivity index (χ0v) is 63.1. The van der Waals surface area contributed by atoms with Gasteiger partial charge in [-0.3, -0.25) is 0 Å². The van der Waals surface area contributed by atoms with E-state index in [-0.39, 0.29) is 40.8 Å². The number of rotatable bonds is 17. The Hall–Kier alpha value is -12.8. The molecule has 31 heteroatoms. The lowest BCUT2D eigenvalue weighted by molar-refractivity contribution is 0.204. The van der Waals surface area contributed by atoms with Crippen LogP contribution in [0.1, 0.15) is 175 Å². The molecule has 18 aromatic rings. The highest BCUT2D eigenvalue weighted by atomic mass is 32.1. The summed E-state index contributed by atoms with van der Waals surface area (Å²) >= 11 is 1.42. The number of hydrogen-bond donors (Lipinski definition) is 12. The number of hydrogen-bond acceptors (Lipinski definition) is 14. The quantitative estimate of drug-likeness (QED) is 0.0378. The third-order valence-electron chi connectivity index (χ3n) is 19.2. The molecule has 6 unspecified atom stereocenters. The first-order chi connectivity index (χ1) is 55.2. The fourth-order valence-corrected chi connectivity index (χ4v) is 14.1. The number of thiazole rings is 1. The van der Waals surface area contributed by atoms with Crippen molar-refractivity contribution < 1.29 is 57.0 Å². The van der Waals surface area contributed by atoms with Crippen molar-refractivity contribution >= 4 is 38.9 Å². The molecule has 17 heterocycles. The summed E-state index contributed by atoms with van der Waals surface area (Å²) < 4.78 is 91.1. The number of aromatic amines is 6. The van der Waals surface area contributed by atoms with Crippen LogP contribution in [0.15, 0.2) is 225 Å². The summed E-state index contributed by atoms with van der Waals surface area (Å²) in [4.78, 5) is 45.6. The molecule has 0 aliphatic heterocycles. The lowest BCUT2D eigenvalue weighted by Gasteiger charge is -2.16. The average molecular weight is 1570 g/mol. The Morgan fingerprint density at radius 1 is 0.342 bits per heavy atom. The summed E-state index contributed by atoms with van der Waals surface area (Å²) in [6.07, 6.45) is 16.1. The molecule has 586 valence electrons. The van der Waals surface area contributed by atoms with E-state index < -0.39 is 36.6 Å². The Labute approximate surface area is 651 Å². The maximum absolute atomic E-state index is 13.9. The molecule has 17 aromatic heterocycles. The molecule has 0 aliphatic carbocycles. The summed E-state index contributed by atoms with van der Waals surface area (Å²) in [5.41, 5.74) is 13.5. The highest BCUT2D eigenvalue weighted by molar-refractivity contribution is 7.07. The van der Waals surface area contributed by atoms with E-state index in [4.69, 9.17) is 0 Å². The number of halogens is 6. The van der Waals surface area contributed by atoms with Crippen molar-refractivity contribution in [3.63, 3.8) is 0 Å². The minimum absolute atomic E-state index is 0.224. The average Bonchev–Trinajstić information content (AvgIpc) is 1.64. The summed E-state index contributed by atoms with van der Waals surface area (Å²) in [6.45, 7) is 11.9. The number of imidazole rings is 6. The highest BCUT2D eigenvalue weighted by Crippen LogP contribution is 2.34. The molecule has 0 spiro atoms. The zero-order valence-electron chi connectivity index (χ0n) is 62.3. The Bertz CT molecular complexity index is 5820. The van der Waals surface area contributed by atoms with E-state index in [9.17, 15) is 57.0 Å².